The summed E-state index contributed by atoms with van der Waals surface area (Å²) in [6.45, 7) is 1.72. The van der Waals surface area contributed by atoms with Crippen molar-refractivity contribution in [3.8, 4) is 22.8 Å². The summed E-state index contributed by atoms with van der Waals surface area (Å²) in [7, 11) is 1.65. The van der Waals surface area contributed by atoms with Gasteiger partial charge in [-0.1, -0.05) is 42.1 Å². The molecule has 0 spiro atoms. The van der Waals surface area contributed by atoms with E-state index in [0.29, 0.717) is 16.7 Å². The van der Waals surface area contributed by atoms with E-state index in [4.69, 9.17) is 4.74 Å². The van der Waals surface area contributed by atoms with Gasteiger partial charge in [0.25, 0.3) is 0 Å². The van der Waals surface area contributed by atoms with Crippen molar-refractivity contribution in [1.82, 2.24) is 19.7 Å². The third kappa shape index (κ3) is 4.29. The molecule has 4 rings (SSSR count). The van der Waals surface area contributed by atoms with Crippen LogP contribution in [0.2, 0.25) is 0 Å². The summed E-state index contributed by atoms with van der Waals surface area (Å²) in [5.41, 5.74) is 1.81. The van der Waals surface area contributed by atoms with Crippen molar-refractivity contribution in [2.24, 2.45) is 0 Å². The highest BCUT2D eigenvalue weighted by Crippen LogP contribution is 2.33. The van der Waals surface area contributed by atoms with Crippen molar-refractivity contribution < 1.29 is 9.53 Å². The van der Waals surface area contributed by atoms with E-state index in [1.54, 1.807) is 7.11 Å². The predicted octanol–water partition coefficient (Wildman–Crippen LogP) is 4.05. The van der Waals surface area contributed by atoms with Crippen LogP contribution >= 0.6 is 11.8 Å². The number of hydrogen-bond donors (Lipinski definition) is 0. The van der Waals surface area contributed by atoms with Crippen molar-refractivity contribution in [3.05, 3.63) is 54.6 Å². The Hall–Kier alpha value is -2.80. The van der Waals surface area contributed by atoms with Crippen LogP contribution in [0, 0.1) is 0 Å². The van der Waals surface area contributed by atoms with E-state index in [9.17, 15) is 4.79 Å². The number of amides is 1. The number of aromatic nitrogens is 3. The molecule has 2 heterocycles. The van der Waals surface area contributed by atoms with E-state index in [1.807, 2.05) is 64.1 Å². The fourth-order valence-corrected chi connectivity index (χ4v) is 4.39. The van der Waals surface area contributed by atoms with E-state index < -0.39 is 0 Å². The number of benzene rings is 2. The number of carbonyl (C=O) groups is 1. The van der Waals surface area contributed by atoms with E-state index >= 15 is 0 Å². The Morgan fingerprint density at radius 2 is 1.72 bits per heavy atom. The summed E-state index contributed by atoms with van der Waals surface area (Å²) in [6, 6.07) is 17.7. The highest BCUT2D eigenvalue weighted by atomic mass is 32.2. The molecule has 1 saturated heterocycles. The molecule has 2 aromatic carbocycles. The van der Waals surface area contributed by atoms with Crippen LogP contribution in [0.5, 0.6) is 5.75 Å². The summed E-state index contributed by atoms with van der Waals surface area (Å²) in [5, 5.41) is 9.56. The third-order valence-electron chi connectivity index (χ3n) is 5.03. The molecular weight excluding hydrogens is 384 g/mol. The molecule has 6 nitrogen and oxygen atoms in total. The Labute approximate surface area is 174 Å². The van der Waals surface area contributed by atoms with Gasteiger partial charge < -0.3 is 9.64 Å². The van der Waals surface area contributed by atoms with Crippen molar-refractivity contribution in [2.75, 3.05) is 26.0 Å². The van der Waals surface area contributed by atoms with Crippen LogP contribution in [0.4, 0.5) is 0 Å². The second-order valence-corrected chi connectivity index (χ2v) is 7.85. The SMILES string of the molecule is COc1ccccc1-c1nnc(SCC(=O)N2CCCCC2)n1-c1ccccc1. The maximum atomic E-state index is 12.6. The number of thioether (sulfide) groups is 1. The number of carbonyl (C=O) groups excluding carboxylic acids is 1. The first-order valence-corrected chi connectivity index (χ1v) is 10.8. The smallest absolute Gasteiger partial charge is 0.233 e. The molecule has 0 unspecified atom stereocenters. The number of hydrogen-bond acceptors (Lipinski definition) is 5. The number of rotatable bonds is 6. The molecule has 1 aliphatic rings. The summed E-state index contributed by atoms with van der Waals surface area (Å²) in [4.78, 5) is 14.6. The molecule has 1 amide bonds. The summed E-state index contributed by atoms with van der Waals surface area (Å²) in [5.74, 6) is 1.95. The van der Waals surface area contributed by atoms with Crippen LogP contribution in [0.25, 0.3) is 17.1 Å². The lowest BCUT2D eigenvalue weighted by Gasteiger charge is -2.26. The molecule has 3 aromatic rings. The first kappa shape index (κ1) is 19.5. The van der Waals surface area contributed by atoms with Gasteiger partial charge in [-0.3, -0.25) is 9.36 Å². The molecule has 29 heavy (non-hydrogen) atoms. The molecule has 1 fully saturated rings. The van der Waals surface area contributed by atoms with Crippen LogP contribution in [0.3, 0.4) is 0 Å². The lowest BCUT2D eigenvalue weighted by Crippen LogP contribution is -2.36. The fourth-order valence-electron chi connectivity index (χ4n) is 3.54. The van der Waals surface area contributed by atoms with Gasteiger partial charge in [0.05, 0.1) is 18.4 Å². The molecule has 0 N–H and O–H groups in total. The molecule has 1 aliphatic heterocycles. The van der Waals surface area contributed by atoms with E-state index in [2.05, 4.69) is 10.2 Å². The first-order valence-electron chi connectivity index (χ1n) is 9.82. The maximum absolute atomic E-state index is 12.6. The summed E-state index contributed by atoms with van der Waals surface area (Å²) < 4.78 is 7.52. The number of piperidine rings is 1. The molecule has 0 atom stereocenters. The lowest BCUT2D eigenvalue weighted by atomic mass is 10.1. The van der Waals surface area contributed by atoms with Gasteiger partial charge in [-0.2, -0.15) is 0 Å². The zero-order chi connectivity index (χ0) is 20.1. The zero-order valence-electron chi connectivity index (χ0n) is 16.5. The van der Waals surface area contributed by atoms with Crippen LogP contribution in [0.1, 0.15) is 19.3 Å². The average Bonchev–Trinajstić information content (AvgIpc) is 3.22. The van der Waals surface area contributed by atoms with E-state index in [0.717, 1.165) is 42.9 Å². The molecule has 0 radical (unpaired) electrons. The normalized spacial score (nSPS) is 14.0. The van der Waals surface area contributed by atoms with Crippen molar-refractivity contribution in [3.63, 3.8) is 0 Å². The largest absolute Gasteiger partial charge is 0.496 e. The van der Waals surface area contributed by atoms with Crippen molar-refractivity contribution in [1.29, 1.82) is 0 Å². The molecule has 1 aromatic heterocycles. The van der Waals surface area contributed by atoms with Gasteiger partial charge in [-0.15, -0.1) is 10.2 Å². The average molecular weight is 409 g/mol. The topological polar surface area (TPSA) is 60.3 Å². The minimum absolute atomic E-state index is 0.163. The third-order valence-corrected chi connectivity index (χ3v) is 5.94. The van der Waals surface area contributed by atoms with Crippen LogP contribution in [-0.4, -0.2) is 51.5 Å². The monoisotopic (exact) mass is 408 g/mol. The van der Waals surface area contributed by atoms with Crippen molar-refractivity contribution >= 4 is 17.7 Å². The van der Waals surface area contributed by atoms with Crippen molar-refractivity contribution in [2.45, 2.75) is 24.4 Å². The quantitative estimate of drug-likeness (QED) is 0.576. The van der Waals surface area contributed by atoms with Crippen LogP contribution < -0.4 is 4.74 Å². The van der Waals surface area contributed by atoms with Gasteiger partial charge in [0, 0.05) is 18.8 Å². The molecule has 7 heteroatoms. The van der Waals surface area contributed by atoms with Crippen LogP contribution in [-0.2, 0) is 4.79 Å². The zero-order valence-corrected chi connectivity index (χ0v) is 17.3. The van der Waals surface area contributed by atoms with Gasteiger partial charge in [0.2, 0.25) is 5.91 Å². The molecule has 0 saturated carbocycles. The Morgan fingerprint density at radius 3 is 2.48 bits per heavy atom. The van der Waals surface area contributed by atoms with Crippen LogP contribution in [0.15, 0.2) is 59.8 Å². The Kier molecular flexibility index (Phi) is 6.14. The minimum atomic E-state index is 0.163. The van der Waals surface area contributed by atoms with E-state index in [1.165, 1.54) is 18.2 Å². The Morgan fingerprint density at radius 1 is 1.00 bits per heavy atom. The van der Waals surface area contributed by atoms with Gasteiger partial charge in [-0.25, -0.2) is 0 Å². The highest BCUT2D eigenvalue weighted by molar-refractivity contribution is 7.99. The summed E-state index contributed by atoms with van der Waals surface area (Å²) >= 11 is 1.43. The standard InChI is InChI=1S/C22H24N4O2S/c1-28-19-13-7-6-12-18(19)21-23-24-22(26(21)17-10-4-2-5-11-17)29-16-20(27)25-14-8-3-9-15-25/h2,4-7,10-13H,3,8-9,14-16H2,1H3. The Bertz CT molecular complexity index is 968. The fraction of sp³-hybridized carbons (Fsp3) is 0.318. The lowest BCUT2D eigenvalue weighted by molar-refractivity contribution is -0.129. The Balaban J connectivity index is 1.66. The number of ether oxygens (including phenoxy) is 1. The summed E-state index contributed by atoms with van der Waals surface area (Å²) in [6.07, 6.45) is 3.39. The van der Waals surface area contributed by atoms with Gasteiger partial charge in [0.15, 0.2) is 11.0 Å². The molecular formula is C22H24N4O2S. The second-order valence-electron chi connectivity index (χ2n) is 6.91. The number of nitrogens with zero attached hydrogens (tertiary/aromatic N) is 4. The minimum Gasteiger partial charge on any atom is -0.496 e. The maximum Gasteiger partial charge on any atom is 0.233 e. The number of methoxy groups -OCH3 is 1. The molecule has 0 aliphatic carbocycles. The highest BCUT2D eigenvalue weighted by Gasteiger charge is 2.21. The molecule has 0 bridgehead atoms. The number of likely N-dealkylation sites (tertiary alicyclic amines) is 1. The van der Waals surface area contributed by atoms with Gasteiger partial charge in [-0.05, 0) is 43.5 Å². The van der Waals surface area contributed by atoms with Gasteiger partial charge in [0.1, 0.15) is 5.75 Å². The second kappa shape index (κ2) is 9.13. The predicted molar refractivity (Wildman–Crippen MR) is 115 cm³/mol. The van der Waals surface area contributed by atoms with E-state index in [-0.39, 0.29) is 5.91 Å². The van der Waals surface area contributed by atoms with Gasteiger partial charge >= 0.3 is 0 Å². The molecule has 150 valence electrons. The first-order chi connectivity index (χ1) is 14.3. The number of para-hydroxylation sites is 2.